The summed E-state index contributed by atoms with van der Waals surface area (Å²) in [5, 5.41) is 1.40. The number of nitrogens with one attached hydrogen (secondary N) is 1. The summed E-state index contributed by atoms with van der Waals surface area (Å²) in [4.78, 5) is 21.6. The second-order valence-corrected chi connectivity index (χ2v) is 9.21. The molecular weight excluding hydrogens is 484 g/mol. The van der Waals surface area contributed by atoms with Gasteiger partial charge in [-0.05, 0) is 65.7 Å². The summed E-state index contributed by atoms with van der Waals surface area (Å²) in [5.41, 5.74) is 2.96. The summed E-state index contributed by atoms with van der Waals surface area (Å²) in [6.07, 6.45) is 3.13. The second kappa shape index (κ2) is 9.69. The second-order valence-electron chi connectivity index (χ2n) is 7.56. The van der Waals surface area contributed by atoms with Gasteiger partial charge in [0.1, 0.15) is 5.75 Å². The van der Waals surface area contributed by atoms with Crippen molar-refractivity contribution in [2.24, 2.45) is 0 Å². The molecule has 0 amide bonds. The van der Waals surface area contributed by atoms with Crippen LogP contribution < -0.4 is 15.0 Å². The normalized spacial score (nSPS) is 11.8. The van der Waals surface area contributed by atoms with E-state index in [4.69, 9.17) is 16.3 Å². The maximum Gasteiger partial charge on any atom is 0.255 e. The molecule has 0 fully saturated rings. The average molecular weight is 503 g/mol. The van der Waals surface area contributed by atoms with Gasteiger partial charge in [0.05, 0.1) is 23.2 Å². The summed E-state index contributed by atoms with van der Waals surface area (Å²) in [6, 6.07) is 23.3. The molecule has 7 nitrogen and oxygen atoms in total. The van der Waals surface area contributed by atoms with E-state index in [0.29, 0.717) is 26.9 Å². The minimum absolute atomic E-state index is 0.209. The topological polar surface area (TPSA) is 86.1 Å². The van der Waals surface area contributed by atoms with Gasteiger partial charge in [-0.2, -0.15) is 0 Å². The van der Waals surface area contributed by atoms with Crippen molar-refractivity contribution in [3.8, 4) is 22.6 Å². The molecule has 9 heteroatoms. The molecule has 0 spiro atoms. The average Bonchev–Trinajstić information content (AvgIpc) is 2.89. The molecule has 0 radical (unpaired) electrons. The van der Waals surface area contributed by atoms with Gasteiger partial charge in [-0.1, -0.05) is 29.8 Å². The van der Waals surface area contributed by atoms with Crippen LogP contribution in [0.1, 0.15) is 0 Å². The predicted octanol–water partition coefficient (Wildman–Crippen LogP) is 5.24. The first-order chi connectivity index (χ1) is 17.0. The van der Waals surface area contributed by atoms with Gasteiger partial charge in [-0.3, -0.25) is 14.1 Å². The lowest BCUT2D eigenvalue weighted by Crippen LogP contribution is -2.18. The van der Waals surface area contributed by atoms with Gasteiger partial charge in [0, 0.05) is 28.9 Å². The zero-order valence-electron chi connectivity index (χ0n) is 18.5. The molecular formula is C26H19ClN4O3S. The first-order valence-electron chi connectivity index (χ1n) is 10.6. The number of pyridine rings is 1. The van der Waals surface area contributed by atoms with E-state index in [1.807, 2.05) is 42.5 Å². The highest BCUT2D eigenvalue weighted by Gasteiger charge is 2.14. The van der Waals surface area contributed by atoms with Gasteiger partial charge in [0.15, 0.2) is 11.0 Å². The van der Waals surface area contributed by atoms with E-state index in [1.54, 1.807) is 54.4 Å². The highest BCUT2D eigenvalue weighted by atomic mass is 35.5. The van der Waals surface area contributed by atoms with Gasteiger partial charge in [0.2, 0.25) is 5.95 Å². The Morgan fingerprint density at radius 2 is 1.66 bits per heavy atom. The van der Waals surface area contributed by atoms with Gasteiger partial charge >= 0.3 is 0 Å². The van der Waals surface area contributed by atoms with E-state index in [-0.39, 0.29) is 11.5 Å². The van der Waals surface area contributed by atoms with Crippen molar-refractivity contribution < 1.29 is 8.95 Å². The fraction of sp³-hybridized carbons (Fsp3) is 0.0385. The fourth-order valence-corrected chi connectivity index (χ4v) is 4.71. The summed E-state index contributed by atoms with van der Waals surface area (Å²) < 4.78 is 22.8. The van der Waals surface area contributed by atoms with Crippen molar-refractivity contribution in [1.82, 2.24) is 14.5 Å². The number of hydrogen-bond donors (Lipinski definition) is 1. The van der Waals surface area contributed by atoms with Crippen LogP contribution in [0.15, 0.2) is 101 Å². The van der Waals surface area contributed by atoms with Gasteiger partial charge in [0.25, 0.3) is 5.56 Å². The maximum atomic E-state index is 13.0. The van der Waals surface area contributed by atoms with Crippen LogP contribution in [0.25, 0.3) is 27.7 Å². The molecule has 2 aromatic heterocycles. The SMILES string of the molecule is COc1cc(-c2ccc(Cl)cc2)ccc1-n1c(=O)ccc2cc(S(=O)Nc3ncccn3)ccc21. The van der Waals surface area contributed by atoms with E-state index in [2.05, 4.69) is 14.7 Å². The Kier molecular flexibility index (Phi) is 6.31. The number of methoxy groups -OCH3 is 1. The third-order valence-corrected chi connectivity index (χ3v) is 6.73. The van der Waals surface area contributed by atoms with E-state index >= 15 is 0 Å². The number of ether oxygens (including phenoxy) is 1. The quantitative estimate of drug-likeness (QED) is 0.343. The van der Waals surface area contributed by atoms with Gasteiger partial charge < -0.3 is 4.74 Å². The Bertz CT molecular complexity index is 1610. The van der Waals surface area contributed by atoms with Crippen LogP contribution in [0.2, 0.25) is 5.02 Å². The minimum atomic E-state index is -1.58. The number of hydrogen-bond acceptors (Lipinski definition) is 5. The number of aromatic nitrogens is 3. The monoisotopic (exact) mass is 502 g/mol. The van der Waals surface area contributed by atoms with Gasteiger partial charge in [-0.25, -0.2) is 14.2 Å². The van der Waals surface area contributed by atoms with Crippen molar-refractivity contribution in [3.05, 3.63) is 107 Å². The molecule has 0 aliphatic carbocycles. The predicted molar refractivity (Wildman–Crippen MR) is 139 cm³/mol. The third kappa shape index (κ3) is 4.66. The number of halogens is 1. The van der Waals surface area contributed by atoms with Crippen molar-refractivity contribution in [2.75, 3.05) is 11.8 Å². The van der Waals surface area contributed by atoms with Crippen LogP contribution in [-0.4, -0.2) is 25.9 Å². The van der Waals surface area contributed by atoms with E-state index in [0.717, 1.165) is 16.5 Å². The van der Waals surface area contributed by atoms with E-state index < -0.39 is 11.0 Å². The van der Waals surface area contributed by atoms with Crippen LogP contribution in [-0.2, 0) is 11.0 Å². The molecule has 174 valence electrons. The molecule has 0 aliphatic heterocycles. The van der Waals surface area contributed by atoms with Crippen molar-refractivity contribution in [3.63, 3.8) is 0 Å². The number of anilines is 1. The molecule has 1 atom stereocenters. The molecule has 0 saturated heterocycles. The van der Waals surface area contributed by atoms with Crippen molar-refractivity contribution >= 4 is 39.4 Å². The molecule has 0 saturated carbocycles. The molecule has 0 aliphatic rings. The van der Waals surface area contributed by atoms with Crippen LogP contribution in [0, 0.1) is 0 Å². The minimum Gasteiger partial charge on any atom is -0.495 e. The number of rotatable bonds is 6. The maximum absolute atomic E-state index is 13.0. The number of nitrogens with zero attached hydrogens (tertiary/aromatic N) is 3. The Labute approximate surface area is 208 Å². The third-order valence-electron chi connectivity index (χ3n) is 5.43. The Hall–Kier alpha value is -4.01. The number of benzene rings is 3. The molecule has 3 aromatic carbocycles. The van der Waals surface area contributed by atoms with E-state index in [1.165, 1.54) is 6.07 Å². The summed E-state index contributed by atoms with van der Waals surface area (Å²) in [7, 11) is -0.00672. The van der Waals surface area contributed by atoms with Crippen LogP contribution in [0.3, 0.4) is 0 Å². The summed E-state index contributed by atoms with van der Waals surface area (Å²) >= 11 is 6.01. The molecule has 1 N–H and O–H groups in total. The van der Waals surface area contributed by atoms with Crippen molar-refractivity contribution in [2.45, 2.75) is 4.90 Å². The standard InChI is InChI=1S/C26H19ClN4O3S/c1-34-24-16-18(17-3-7-20(27)8-4-17)5-10-23(24)31-22-11-9-21(15-19(22)6-12-25(31)32)35(33)30-26-28-13-2-14-29-26/h2-16H,1H3,(H,28,29,30). The first kappa shape index (κ1) is 22.8. The highest BCUT2D eigenvalue weighted by Crippen LogP contribution is 2.31. The Morgan fingerprint density at radius 3 is 2.40 bits per heavy atom. The lowest BCUT2D eigenvalue weighted by molar-refractivity contribution is 0.413. The van der Waals surface area contributed by atoms with Crippen LogP contribution in [0.4, 0.5) is 5.95 Å². The lowest BCUT2D eigenvalue weighted by atomic mass is 10.0. The molecule has 5 rings (SSSR count). The largest absolute Gasteiger partial charge is 0.495 e. The van der Waals surface area contributed by atoms with Crippen LogP contribution >= 0.6 is 11.6 Å². The van der Waals surface area contributed by atoms with Gasteiger partial charge in [-0.15, -0.1) is 0 Å². The molecule has 5 aromatic rings. The van der Waals surface area contributed by atoms with Crippen LogP contribution in [0.5, 0.6) is 5.75 Å². The zero-order chi connectivity index (χ0) is 24.4. The summed E-state index contributed by atoms with van der Waals surface area (Å²) in [6.45, 7) is 0. The molecule has 2 heterocycles. The smallest absolute Gasteiger partial charge is 0.255 e. The zero-order valence-corrected chi connectivity index (χ0v) is 20.1. The lowest BCUT2D eigenvalue weighted by Gasteiger charge is -2.16. The number of fused-ring (bicyclic) bond motifs is 1. The molecule has 35 heavy (non-hydrogen) atoms. The molecule has 1 unspecified atom stereocenters. The highest BCUT2D eigenvalue weighted by molar-refractivity contribution is 7.86. The summed E-state index contributed by atoms with van der Waals surface area (Å²) in [5.74, 6) is 0.809. The van der Waals surface area contributed by atoms with E-state index in [9.17, 15) is 9.00 Å². The van der Waals surface area contributed by atoms with Crippen molar-refractivity contribution in [1.29, 1.82) is 0 Å². The fourth-order valence-electron chi connectivity index (χ4n) is 3.77. The Morgan fingerprint density at radius 1 is 0.914 bits per heavy atom. The molecule has 0 bridgehead atoms. The first-order valence-corrected chi connectivity index (χ1v) is 12.1. The Balaban J connectivity index is 1.56.